The zero-order valence-electron chi connectivity index (χ0n) is 13.8. The third kappa shape index (κ3) is 4.23. The van der Waals surface area contributed by atoms with Crippen molar-refractivity contribution in [3.8, 4) is 0 Å². The summed E-state index contributed by atoms with van der Waals surface area (Å²) < 4.78 is 31.6. The maximum Gasteiger partial charge on any atom is 0.243 e. The Balaban J connectivity index is 0.000000647. The second kappa shape index (κ2) is 8.73. The van der Waals surface area contributed by atoms with Gasteiger partial charge in [-0.1, -0.05) is 23.7 Å². The van der Waals surface area contributed by atoms with Gasteiger partial charge in [0.1, 0.15) is 5.15 Å². The summed E-state index contributed by atoms with van der Waals surface area (Å²) in [5.74, 6) is 0. The van der Waals surface area contributed by atoms with Crippen LogP contribution in [0.2, 0.25) is 5.15 Å². The summed E-state index contributed by atoms with van der Waals surface area (Å²) in [4.78, 5) is 4.30. The lowest BCUT2D eigenvalue weighted by atomic mass is 10.2. The number of fused-ring (bicyclic) bond motifs is 1. The van der Waals surface area contributed by atoms with Crippen molar-refractivity contribution in [1.82, 2.24) is 14.6 Å². The Kier molecular flexibility index (Phi) is 6.94. The first-order valence-electron chi connectivity index (χ1n) is 7.66. The molecule has 6 nitrogen and oxygen atoms in total. The molecule has 0 bridgehead atoms. The van der Waals surface area contributed by atoms with E-state index >= 15 is 0 Å². The molecule has 24 heavy (non-hydrogen) atoms. The molecule has 132 valence electrons. The van der Waals surface area contributed by atoms with Crippen molar-refractivity contribution in [3.05, 3.63) is 35.6 Å². The number of hydrogen-bond donors (Lipinski definition) is 1. The average Bonchev–Trinajstić information content (AvgIpc) is 2.85. The third-order valence-electron chi connectivity index (χ3n) is 3.63. The van der Waals surface area contributed by atoms with Gasteiger partial charge in [-0.2, -0.15) is 4.31 Å². The number of sulfonamides is 1. The minimum Gasteiger partial charge on any atom is -0.388 e. The Morgan fingerprint density at radius 1 is 1.17 bits per heavy atom. The topological polar surface area (TPSA) is 71.5 Å². The van der Waals surface area contributed by atoms with E-state index in [0.29, 0.717) is 40.5 Å². The number of nitrogens with zero attached hydrogens (tertiary/aromatic N) is 2. The molecular formula is C16H22ClN3O3S. The van der Waals surface area contributed by atoms with E-state index in [1.165, 1.54) is 10.5 Å². The van der Waals surface area contributed by atoms with Crippen molar-refractivity contribution >= 4 is 32.4 Å². The molecule has 1 aliphatic heterocycles. The van der Waals surface area contributed by atoms with Gasteiger partial charge in [-0.05, 0) is 25.1 Å². The van der Waals surface area contributed by atoms with Gasteiger partial charge in [-0.25, -0.2) is 13.4 Å². The van der Waals surface area contributed by atoms with Crippen LogP contribution in [0, 0.1) is 0 Å². The van der Waals surface area contributed by atoms with Crippen LogP contribution in [-0.2, 0) is 14.8 Å². The van der Waals surface area contributed by atoms with E-state index in [1.807, 2.05) is 0 Å². The van der Waals surface area contributed by atoms with E-state index in [-0.39, 0.29) is 0 Å². The number of ether oxygens (including phenoxy) is 1. The fourth-order valence-corrected chi connectivity index (χ4v) is 4.47. The fourth-order valence-electron chi connectivity index (χ4n) is 2.57. The third-order valence-corrected chi connectivity index (χ3v) is 5.89. The second-order valence-electron chi connectivity index (χ2n) is 5.37. The number of rotatable bonds is 2. The van der Waals surface area contributed by atoms with E-state index in [1.54, 1.807) is 38.5 Å². The Bertz CT molecular complexity index is 775. The van der Waals surface area contributed by atoms with Gasteiger partial charge in [0.25, 0.3) is 0 Å². The lowest BCUT2D eigenvalue weighted by molar-refractivity contribution is 0.277. The van der Waals surface area contributed by atoms with E-state index in [0.717, 1.165) is 13.0 Å². The highest BCUT2D eigenvalue weighted by molar-refractivity contribution is 7.89. The van der Waals surface area contributed by atoms with Crippen molar-refractivity contribution in [1.29, 1.82) is 0 Å². The van der Waals surface area contributed by atoms with Crippen LogP contribution in [0.15, 0.2) is 35.4 Å². The predicted octanol–water partition coefficient (Wildman–Crippen LogP) is 2.13. The van der Waals surface area contributed by atoms with Gasteiger partial charge in [-0.3, -0.25) is 0 Å². The van der Waals surface area contributed by atoms with E-state index in [2.05, 4.69) is 15.0 Å². The summed E-state index contributed by atoms with van der Waals surface area (Å²) in [6.45, 7) is 2.53. The molecular weight excluding hydrogens is 350 g/mol. The zero-order chi connectivity index (χ0) is 17.6. The van der Waals surface area contributed by atoms with Crippen LogP contribution in [-0.4, -0.2) is 58.1 Å². The highest BCUT2D eigenvalue weighted by Crippen LogP contribution is 2.29. The number of aromatic nitrogens is 1. The number of pyridine rings is 1. The fraction of sp³-hybridized carbons (Fsp3) is 0.438. The molecule has 1 aromatic carbocycles. The molecule has 3 rings (SSSR count). The van der Waals surface area contributed by atoms with Gasteiger partial charge >= 0.3 is 0 Å². The Labute approximate surface area is 147 Å². The lowest BCUT2D eigenvalue weighted by Gasteiger charge is -2.20. The first-order valence-corrected chi connectivity index (χ1v) is 9.48. The molecule has 1 aliphatic rings. The molecule has 2 heterocycles. The molecule has 2 aromatic rings. The number of benzene rings is 1. The second-order valence-corrected chi connectivity index (χ2v) is 7.63. The molecule has 0 aliphatic carbocycles. The standard InChI is InChI=1S/C14H16ClN3O2S.C2H6O/c15-14-12-3-1-4-13(11(12)5-7-17-14)21(19,20)18-9-2-6-16-8-10-18;1-3-2/h1,3-5,7,16H,2,6,8-10H2;1-2H3. The average molecular weight is 372 g/mol. The minimum atomic E-state index is -3.52. The predicted molar refractivity (Wildman–Crippen MR) is 95.9 cm³/mol. The monoisotopic (exact) mass is 371 g/mol. The summed E-state index contributed by atoms with van der Waals surface area (Å²) in [5, 5.41) is 4.81. The Morgan fingerprint density at radius 2 is 1.92 bits per heavy atom. The molecule has 1 aromatic heterocycles. The summed E-state index contributed by atoms with van der Waals surface area (Å²) in [5.41, 5.74) is 0. The Hall–Kier alpha value is -1.25. The maximum absolute atomic E-state index is 12.9. The van der Waals surface area contributed by atoms with Crippen molar-refractivity contribution < 1.29 is 13.2 Å². The van der Waals surface area contributed by atoms with Crippen LogP contribution in [0.25, 0.3) is 10.8 Å². The van der Waals surface area contributed by atoms with Crippen LogP contribution < -0.4 is 5.32 Å². The van der Waals surface area contributed by atoms with Crippen LogP contribution in [0.3, 0.4) is 0 Å². The highest BCUT2D eigenvalue weighted by Gasteiger charge is 2.26. The van der Waals surface area contributed by atoms with E-state index < -0.39 is 10.0 Å². The SMILES string of the molecule is COC.O=S(=O)(c1cccc2c(Cl)nccc12)N1CCCNCC1. The molecule has 0 unspecified atom stereocenters. The van der Waals surface area contributed by atoms with Gasteiger partial charge in [0.05, 0.1) is 4.90 Å². The molecule has 0 saturated carbocycles. The first-order chi connectivity index (χ1) is 11.5. The van der Waals surface area contributed by atoms with Crippen LogP contribution in [0.1, 0.15) is 6.42 Å². The van der Waals surface area contributed by atoms with E-state index in [9.17, 15) is 8.42 Å². The molecule has 1 N–H and O–H groups in total. The molecule has 8 heteroatoms. The van der Waals surface area contributed by atoms with Crippen molar-refractivity contribution in [2.75, 3.05) is 40.4 Å². The molecule has 0 radical (unpaired) electrons. The molecule has 1 fully saturated rings. The lowest BCUT2D eigenvalue weighted by Crippen LogP contribution is -2.34. The largest absolute Gasteiger partial charge is 0.388 e. The maximum atomic E-state index is 12.9. The number of nitrogens with one attached hydrogen (secondary N) is 1. The van der Waals surface area contributed by atoms with Crippen molar-refractivity contribution in [3.63, 3.8) is 0 Å². The van der Waals surface area contributed by atoms with Crippen LogP contribution in [0.4, 0.5) is 0 Å². The van der Waals surface area contributed by atoms with Crippen molar-refractivity contribution in [2.45, 2.75) is 11.3 Å². The Morgan fingerprint density at radius 3 is 2.67 bits per heavy atom. The number of methoxy groups -OCH3 is 1. The van der Waals surface area contributed by atoms with Gasteiger partial charge in [-0.15, -0.1) is 0 Å². The smallest absolute Gasteiger partial charge is 0.243 e. The summed E-state index contributed by atoms with van der Waals surface area (Å²) in [6, 6.07) is 6.82. The molecule has 0 amide bonds. The number of hydrogen-bond acceptors (Lipinski definition) is 5. The summed E-state index contributed by atoms with van der Waals surface area (Å²) in [6.07, 6.45) is 2.35. The summed E-state index contributed by atoms with van der Waals surface area (Å²) >= 11 is 6.06. The zero-order valence-corrected chi connectivity index (χ0v) is 15.4. The van der Waals surface area contributed by atoms with Gasteiger partial charge in [0.15, 0.2) is 0 Å². The molecule has 0 atom stereocenters. The van der Waals surface area contributed by atoms with Crippen LogP contribution in [0.5, 0.6) is 0 Å². The normalized spacial score (nSPS) is 16.3. The molecule has 0 spiro atoms. The van der Waals surface area contributed by atoms with Gasteiger partial charge in [0.2, 0.25) is 10.0 Å². The first kappa shape index (κ1) is 19.1. The van der Waals surface area contributed by atoms with Gasteiger partial charge in [0, 0.05) is 50.8 Å². The highest BCUT2D eigenvalue weighted by atomic mass is 35.5. The van der Waals surface area contributed by atoms with E-state index in [4.69, 9.17) is 11.6 Å². The van der Waals surface area contributed by atoms with Gasteiger partial charge < -0.3 is 10.1 Å². The minimum absolute atomic E-state index is 0.297. The van der Waals surface area contributed by atoms with Crippen molar-refractivity contribution in [2.24, 2.45) is 0 Å². The van der Waals surface area contributed by atoms with Crippen LogP contribution >= 0.6 is 11.6 Å². The summed E-state index contributed by atoms with van der Waals surface area (Å²) in [7, 11) is -0.272. The molecule has 1 saturated heterocycles. The number of halogens is 1. The quantitative estimate of drug-likeness (QED) is 0.819.